The Morgan fingerprint density at radius 1 is 1.30 bits per heavy atom. The van der Waals surface area contributed by atoms with E-state index in [9.17, 15) is 9.59 Å². The average molecular weight is 312 g/mol. The van der Waals surface area contributed by atoms with E-state index in [2.05, 4.69) is 22.7 Å². The smallest absolute Gasteiger partial charge is 0.226 e. The van der Waals surface area contributed by atoms with Crippen molar-refractivity contribution in [1.29, 1.82) is 0 Å². The van der Waals surface area contributed by atoms with Gasteiger partial charge in [0.15, 0.2) is 0 Å². The number of hydrogen-bond acceptors (Lipinski definition) is 3. The number of rotatable bonds is 6. The lowest BCUT2D eigenvalue weighted by Gasteiger charge is -2.11. The fraction of sp³-hybridized carbons (Fsp3) is 0.353. The van der Waals surface area contributed by atoms with E-state index in [-0.39, 0.29) is 24.2 Å². The number of amides is 2. The number of hydrogen-bond donors (Lipinski definition) is 2. The van der Waals surface area contributed by atoms with Crippen LogP contribution in [-0.2, 0) is 9.59 Å². The summed E-state index contributed by atoms with van der Waals surface area (Å²) in [4.78, 5) is 23.8. The Kier molecular flexibility index (Phi) is 4.41. The van der Waals surface area contributed by atoms with Gasteiger partial charge in [0.2, 0.25) is 11.8 Å². The molecule has 0 aliphatic heterocycles. The summed E-state index contributed by atoms with van der Waals surface area (Å²) in [6.45, 7) is 2.42. The molecular weight excluding hydrogens is 292 g/mol. The quantitative estimate of drug-likeness (QED) is 0.856. The SMILES string of the molecule is C[C@H]1C[C@H]1C(=O)NCCC(=O)Nc1ccccc1-n1cccn1. The van der Waals surface area contributed by atoms with Gasteiger partial charge < -0.3 is 10.6 Å². The third kappa shape index (κ3) is 3.77. The lowest BCUT2D eigenvalue weighted by Crippen LogP contribution is -2.29. The van der Waals surface area contributed by atoms with Crippen molar-refractivity contribution in [2.45, 2.75) is 19.8 Å². The van der Waals surface area contributed by atoms with Gasteiger partial charge in [0.25, 0.3) is 0 Å². The van der Waals surface area contributed by atoms with Crippen LogP contribution in [0.3, 0.4) is 0 Å². The van der Waals surface area contributed by atoms with Crippen LogP contribution in [0.1, 0.15) is 19.8 Å². The monoisotopic (exact) mass is 312 g/mol. The van der Waals surface area contributed by atoms with Gasteiger partial charge in [-0.05, 0) is 30.5 Å². The van der Waals surface area contributed by atoms with E-state index < -0.39 is 0 Å². The van der Waals surface area contributed by atoms with Crippen molar-refractivity contribution >= 4 is 17.5 Å². The molecule has 1 aliphatic carbocycles. The predicted octanol–water partition coefficient (Wildman–Crippen LogP) is 1.97. The lowest BCUT2D eigenvalue weighted by molar-refractivity contribution is -0.122. The minimum atomic E-state index is -0.131. The zero-order valence-corrected chi connectivity index (χ0v) is 13.0. The van der Waals surface area contributed by atoms with Gasteiger partial charge in [-0.15, -0.1) is 0 Å². The second kappa shape index (κ2) is 6.64. The van der Waals surface area contributed by atoms with Crippen LogP contribution in [0, 0.1) is 11.8 Å². The minimum Gasteiger partial charge on any atom is -0.355 e. The summed E-state index contributed by atoms with van der Waals surface area (Å²) in [5.74, 6) is 0.541. The maximum Gasteiger partial charge on any atom is 0.226 e. The van der Waals surface area contributed by atoms with Gasteiger partial charge in [0, 0.05) is 31.3 Å². The fourth-order valence-corrected chi connectivity index (χ4v) is 2.52. The molecule has 1 aliphatic rings. The summed E-state index contributed by atoms with van der Waals surface area (Å²) >= 11 is 0. The number of nitrogens with zero attached hydrogens (tertiary/aromatic N) is 2. The van der Waals surface area contributed by atoms with Crippen LogP contribution in [0.25, 0.3) is 5.69 Å². The maximum absolute atomic E-state index is 12.1. The molecule has 2 aromatic rings. The highest BCUT2D eigenvalue weighted by Crippen LogP contribution is 2.37. The van der Waals surface area contributed by atoms with Gasteiger partial charge in [-0.3, -0.25) is 9.59 Å². The van der Waals surface area contributed by atoms with Gasteiger partial charge in [-0.2, -0.15) is 5.10 Å². The molecule has 0 spiro atoms. The number of nitrogens with one attached hydrogen (secondary N) is 2. The molecule has 2 N–H and O–H groups in total. The Hall–Kier alpha value is -2.63. The van der Waals surface area contributed by atoms with E-state index in [0.717, 1.165) is 12.1 Å². The standard InChI is InChI=1S/C17H20N4O2/c1-12-11-13(12)17(23)18-9-7-16(22)20-14-5-2-3-6-15(14)21-10-4-8-19-21/h2-6,8,10,12-13H,7,9,11H2,1H3,(H,18,23)(H,20,22)/t12-,13+/m0/s1. The molecule has 1 fully saturated rings. The van der Waals surface area contributed by atoms with Crippen LogP contribution in [0.2, 0.25) is 0 Å². The van der Waals surface area contributed by atoms with E-state index in [1.807, 2.05) is 36.5 Å². The number of anilines is 1. The Morgan fingerprint density at radius 2 is 2.09 bits per heavy atom. The van der Waals surface area contributed by atoms with Crippen LogP contribution in [0.5, 0.6) is 0 Å². The molecule has 6 nitrogen and oxygen atoms in total. The molecule has 1 aromatic carbocycles. The van der Waals surface area contributed by atoms with E-state index in [1.54, 1.807) is 10.9 Å². The number of carbonyl (C=O) groups is 2. The summed E-state index contributed by atoms with van der Waals surface area (Å²) in [5.41, 5.74) is 1.50. The highest BCUT2D eigenvalue weighted by atomic mass is 16.2. The van der Waals surface area contributed by atoms with Crippen molar-refractivity contribution in [3.05, 3.63) is 42.7 Å². The van der Waals surface area contributed by atoms with Crippen LogP contribution in [0.15, 0.2) is 42.7 Å². The molecule has 23 heavy (non-hydrogen) atoms. The molecule has 0 bridgehead atoms. The van der Waals surface area contributed by atoms with Gasteiger partial charge >= 0.3 is 0 Å². The van der Waals surface area contributed by atoms with Gasteiger partial charge in [-0.1, -0.05) is 19.1 Å². The molecule has 2 amide bonds. The molecule has 0 saturated heterocycles. The molecule has 3 rings (SSSR count). The Balaban J connectivity index is 1.53. The Morgan fingerprint density at radius 3 is 2.78 bits per heavy atom. The normalized spacial score (nSPS) is 19.2. The third-order valence-electron chi connectivity index (χ3n) is 4.03. The number of benzene rings is 1. The lowest BCUT2D eigenvalue weighted by atomic mass is 10.2. The maximum atomic E-state index is 12.1. The minimum absolute atomic E-state index is 0.0576. The second-order valence-electron chi connectivity index (χ2n) is 5.88. The first kappa shape index (κ1) is 15.3. The van der Waals surface area contributed by atoms with Crippen molar-refractivity contribution in [3.63, 3.8) is 0 Å². The molecule has 2 atom stereocenters. The third-order valence-corrected chi connectivity index (χ3v) is 4.03. The van der Waals surface area contributed by atoms with Crippen LogP contribution in [0.4, 0.5) is 5.69 Å². The summed E-state index contributed by atoms with van der Waals surface area (Å²) in [5, 5.41) is 9.87. The highest BCUT2D eigenvalue weighted by Gasteiger charge is 2.38. The average Bonchev–Trinajstić information content (AvgIpc) is 3.04. The summed E-state index contributed by atoms with van der Waals surface area (Å²) in [6, 6.07) is 9.30. The highest BCUT2D eigenvalue weighted by molar-refractivity contribution is 5.93. The van der Waals surface area contributed by atoms with Crippen LogP contribution < -0.4 is 10.6 Å². The molecule has 0 radical (unpaired) electrons. The van der Waals surface area contributed by atoms with Crippen molar-refractivity contribution in [2.75, 3.05) is 11.9 Å². The van der Waals surface area contributed by atoms with Gasteiger partial charge in [-0.25, -0.2) is 4.68 Å². The van der Waals surface area contributed by atoms with Crippen molar-refractivity contribution in [3.8, 4) is 5.69 Å². The zero-order valence-electron chi connectivity index (χ0n) is 13.0. The first-order valence-electron chi connectivity index (χ1n) is 7.82. The van der Waals surface area contributed by atoms with Crippen LogP contribution in [-0.4, -0.2) is 28.1 Å². The molecule has 120 valence electrons. The van der Waals surface area contributed by atoms with Crippen molar-refractivity contribution in [2.24, 2.45) is 11.8 Å². The fourth-order valence-electron chi connectivity index (χ4n) is 2.52. The van der Waals surface area contributed by atoms with Gasteiger partial charge in [0.1, 0.15) is 0 Å². The summed E-state index contributed by atoms with van der Waals surface area (Å²) < 4.78 is 1.70. The van der Waals surface area contributed by atoms with E-state index in [0.29, 0.717) is 18.2 Å². The number of carbonyl (C=O) groups excluding carboxylic acids is 2. The summed E-state index contributed by atoms with van der Waals surface area (Å²) in [7, 11) is 0. The molecular formula is C17H20N4O2. The molecule has 0 unspecified atom stereocenters. The molecule has 6 heteroatoms. The molecule has 1 heterocycles. The van der Waals surface area contributed by atoms with Gasteiger partial charge in [0.05, 0.1) is 11.4 Å². The first-order valence-corrected chi connectivity index (χ1v) is 7.82. The van der Waals surface area contributed by atoms with E-state index >= 15 is 0 Å². The van der Waals surface area contributed by atoms with E-state index in [4.69, 9.17) is 0 Å². The number of aromatic nitrogens is 2. The van der Waals surface area contributed by atoms with Crippen LogP contribution >= 0.6 is 0 Å². The Bertz CT molecular complexity index is 696. The zero-order chi connectivity index (χ0) is 16.2. The largest absolute Gasteiger partial charge is 0.355 e. The van der Waals surface area contributed by atoms with E-state index in [1.165, 1.54) is 0 Å². The first-order chi connectivity index (χ1) is 11.1. The topological polar surface area (TPSA) is 76.0 Å². The Labute approximate surface area is 134 Å². The molecule has 1 saturated carbocycles. The van der Waals surface area contributed by atoms with Crippen molar-refractivity contribution < 1.29 is 9.59 Å². The van der Waals surface area contributed by atoms with Crippen molar-refractivity contribution in [1.82, 2.24) is 15.1 Å². The predicted molar refractivity (Wildman–Crippen MR) is 87.1 cm³/mol. The second-order valence-corrected chi connectivity index (χ2v) is 5.88. The number of para-hydroxylation sites is 2. The summed E-state index contributed by atoms with van der Waals surface area (Å²) in [6.07, 6.45) is 4.71. The molecule has 1 aromatic heterocycles.